The molecule has 1 aliphatic heterocycles. The first-order chi connectivity index (χ1) is 5.40. The molecule has 1 nitrogen and oxygen atoms in total. The SMILES string of the molecule is CC[NH+]1C(C)(C)CCCC1(C)C. The highest BCUT2D eigenvalue weighted by molar-refractivity contribution is 4.80. The van der Waals surface area contributed by atoms with Crippen molar-refractivity contribution in [1.82, 2.24) is 0 Å². The zero-order valence-corrected chi connectivity index (χ0v) is 9.33. The van der Waals surface area contributed by atoms with Gasteiger partial charge in [0.25, 0.3) is 0 Å². The lowest BCUT2D eigenvalue weighted by molar-refractivity contribution is -0.997. The third-order valence-electron chi connectivity index (χ3n) is 3.59. The lowest BCUT2D eigenvalue weighted by Gasteiger charge is -2.49. The van der Waals surface area contributed by atoms with Crippen molar-refractivity contribution in [3.8, 4) is 0 Å². The lowest BCUT2D eigenvalue weighted by Crippen LogP contribution is -3.26. The van der Waals surface area contributed by atoms with E-state index < -0.39 is 0 Å². The van der Waals surface area contributed by atoms with Crippen molar-refractivity contribution in [2.24, 2.45) is 0 Å². The van der Waals surface area contributed by atoms with Crippen molar-refractivity contribution in [3.63, 3.8) is 0 Å². The number of nitrogens with one attached hydrogen (secondary N) is 1. The van der Waals surface area contributed by atoms with Gasteiger partial charge in [-0.1, -0.05) is 0 Å². The van der Waals surface area contributed by atoms with Gasteiger partial charge in [-0.3, -0.25) is 0 Å². The quantitative estimate of drug-likeness (QED) is 0.610. The maximum absolute atomic E-state index is 2.41. The summed E-state index contributed by atoms with van der Waals surface area (Å²) >= 11 is 0. The van der Waals surface area contributed by atoms with Crippen LogP contribution in [0.2, 0.25) is 0 Å². The third-order valence-corrected chi connectivity index (χ3v) is 3.59. The van der Waals surface area contributed by atoms with E-state index in [-0.39, 0.29) is 0 Å². The van der Waals surface area contributed by atoms with Crippen LogP contribution in [0.1, 0.15) is 53.9 Å². The molecule has 1 N–H and O–H groups in total. The van der Waals surface area contributed by atoms with Gasteiger partial charge in [-0.15, -0.1) is 0 Å². The van der Waals surface area contributed by atoms with Crippen LogP contribution < -0.4 is 4.90 Å². The van der Waals surface area contributed by atoms with Gasteiger partial charge in [0.1, 0.15) is 0 Å². The van der Waals surface area contributed by atoms with E-state index in [9.17, 15) is 0 Å². The largest absolute Gasteiger partial charge is 0.326 e. The van der Waals surface area contributed by atoms with Crippen molar-refractivity contribution in [2.75, 3.05) is 6.54 Å². The van der Waals surface area contributed by atoms with Crippen molar-refractivity contribution >= 4 is 0 Å². The number of hydrogen-bond donors (Lipinski definition) is 1. The van der Waals surface area contributed by atoms with Crippen LogP contribution in [0.5, 0.6) is 0 Å². The van der Waals surface area contributed by atoms with E-state index in [0.29, 0.717) is 11.1 Å². The fourth-order valence-corrected chi connectivity index (χ4v) is 3.15. The topological polar surface area (TPSA) is 4.44 Å². The lowest BCUT2D eigenvalue weighted by atomic mass is 9.80. The molecule has 0 unspecified atom stereocenters. The number of quaternary nitrogens is 1. The van der Waals surface area contributed by atoms with Gasteiger partial charge in [-0.2, -0.15) is 0 Å². The Morgan fingerprint density at radius 3 is 1.67 bits per heavy atom. The van der Waals surface area contributed by atoms with E-state index in [1.165, 1.54) is 25.8 Å². The fraction of sp³-hybridized carbons (Fsp3) is 1.00. The van der Waals surface area contributed by atoms with Crippen molar-refractivity contribution < 1.29 is 4.90 Å². The van der Waals surface area contributed by atoms with Crippen LogP contribution >= 0.6 is 0 Å². The van der Waals surface area contributed by atoms with E-state index in [2.05, 4.69) is 34.6 Å². The summed E-state index contributed by atoms with van der Waals surface area (Å²) < 4.78 is 0. The smallest absolute Gasteiger partial charge is 0.0923 e. The second-order valence-corrected chi connectivity index (χ2v) is 5.45. The normalized spacial score (nSPS) is 28.8. The van der Waals surface area contributed by atoms with Crippen LogP contribution in [0, 0.1) is 0 Å². The van der Waals surface area contributed by atoms with E-state index in [1.54, 1.807) is 4.90 Å². The van der Waals surface area contributed by atoms with Gasteiger partial charge in [0, 0.05) is 12.8 Å². The van der Waals surface area contributed by atoms with Gasteiger partial charge in [0.15, 0.2) is 0 Å². The van der Waals surface area contributed by atoms with Gasteiger partial charge in [0.05, 0.1) is 17.6 Å². The molecular weight excluding hydrogens is 146 g/mol. The summed E-state index contributed by atoms with van der Waals surface area (Å²) in [5, 5.41) is 0. The Balaban J connectivity index is 2.81. The van der Waals surface area contributed by atoms with Gasteiger partial charge in [-0.25, -0.2) is 0 Å². The maximum atomic E-state index is 2.41. The summed E-state index contributed by atoms with van der Waals surface area (Å²) in [6, 6.07) is 0. The van der Waals surface area contributed by atoms with Crippen molar-refractivity contribution in [1.29, 1.82) is 0 Å². The average Bonchev–Trinajstić information content (AvgIpc) is 1.83. The second kappa shape index (κ2) is 3.02. The van der Waals surface area contributed by atoms with Gasteiger partial charge >= 0.3 is 0 Å². The minimum absolute atomic E-state index is 0.497. The first-order valence-electron chi connectivity index (χ1n) is 5.27. The highest BCUT2D eigenvalue weighted by Crippen LogP contribution is 2.22. The summed E-state index contributed by atoms with van der Waals surface area (Å²) in [7, 11) is 0. The molecule has 0 amide bonds. The van der Waals surface area contributed by atoms with Crippen LogP contribution in [-0.4, -0.2) is 17.6 Å². The Morgan fingerprint density at radius 1 is 1.00 bits per heavy atom. The molecule has 1 aliphatic rings. The predicted molar refractivity (Wildman–Crippen MR) is 53.5 cm³/mol. The highest BCUT2D eigenvalue weighted by Gasteiger charge is 2.43. The Kier molecular flexibility index (Phi) is 2.53. The maximum Gasteiger partial charge on any atom is 0.0923 e. The van der Waals surface area contributed by atoms with Crippen LogP contribution in [-0.2, 0) is 0 Å². The molecule has 1 rings (SSSR count). The molecule has 0 spiro atoms. The molecule has 0 aromatic heterocycles. The molecule has 0 atom stereocenters. The summed E-state index contributed by atoms with van der Waals surface area (Å²) in [5.74, 6) is 0. The second-order valence-electron chi connectivity index (χ2n) is 5.45. The van der Waals surface area contributed by atoms with Crippen LogP contribution in [0.25, 0.3) is 0 Å². The first kappa shape index (κ1) is 10.0. The fourth-order valence-electron chi connectivity index (χ4n) is 3.15. The average molecular weight is 170 g/mol. The molecule has 0 saturated carbocycles. The molecule has 72 valence electrons. The minimum Gasteiger partial charge on any atom is -0.326 e. The molecule has 0 radical (unpaired) electrons. The number of hydrogen-bond acceptors (Lipinski definition) is 0. The molecule has 0 aromatic carbocycles. The predicted octanol–water partition coefficient (Wildman–Crippen LogP) is 1.63. The number of piperidine rings is 1. The zero-order valence-electron chi connectivity index (χ0n) is 9.33. The zero-order chi connectivity index (χ0) is 9.41. The molecule has 0 aliphatic carbocycles. The minimum atomic E-state index is 0.497. The highest BCUT2D eigenvalue weighted by atomic mass is 15.2. The number of rotatable bonds is 1. The standard InChI is InChI=1S/C11H23N/c1-6-12-10(2,3)8-7-9-11(12,4)5/h6-9H2,1-5H3/p+1. The Labute approximate surface area is 77.1 Å². The molecule has 1 heteroatoms. The van der Waals surface area contributed by atoms with E-state index in [4.69, 9.17) is 0 Å². The molecule has 0 aromatic rings. The molecule has 12 heavy (non-hydrogen) atoms. The van der Waals surface area contributed by atoms with Gasteiger partial charge in [-0.05, 0) is 41.0 Å². The first-order valence-corrected chi connectivity index (χ1v) is 5.27. The van der Waals surface area contributed by atoms with Crippen molar-refractivity contribution in [3.05, 3.63) is 0 Å². The summed E-state index contributed by atoms with van der Waals surface area (Å²) in [6.45, 7) is 13.2. The van der Waals surface area contributed by atoms with Crippen LogP contribution in [0.4, 0.5) is 0 Å². The van der Waals surface area contributed by atoms with E-state index in [1.807, 2.05) is 0 Å². The summed E-state index contributed by atoms with van der Waals surface area (Å²) in [6.07, 6.45) is 4.18. The molecule has 1 fully saturated rings. The Hall–Kier alpha value is -0.0400. The summed E-state index contributed by atoms with van der Waals surface area (Å²) in [5.41, 5.74) is 0.993. The van der Waals surface area contributed by atoms with Gasteiger partial charge < -0.3 is 4.90 Å². The number of likely N-dealkylation sites (tertiary alicyclic amines) is 1. The van der Waals surface area contributed by atoms with Crippen LogP contribution in [0.3, 0.4) is 0 Å². The third kappa shape index (κ3) is 1.66. The van der Waals surface area contributed by atoms with E-state index in [0.717, 1.165) is 0 Å². The van der Waals surface area contributed by atoms with Crippen molar-refractivity contribution in [2.45, 2.75) is 65.0 Å². The molecule has 1 heterocycles. The van der Waals surface area contributed by atoms with E-state index >= 15 is 0 Å². The monoisotopic (exact) mass is 170 g/mol. The summed E-state index contributed by atoms with van der Waals surface area (Å²) in [4.78, 5) is 1.78. The molecular formula is C11H24N+. The molecule has 1 saturated heterocycles. The Bertz CT molecular complexity index is 142. The van der Waals surface area contributed by atoms with Gasteiger partial charge in [0.2, 0.25) is 0 Å². The van der Waals surface area contributed by atoms with Crippen LogP contribution in [0.15, 0.2) is 0 Å². The Morgan fingerprint density at radius 2 is 1.42 bits per heavy atom. The molecule has 0 bridgehead atoms.